The number of hydrogen-bond donors (Lipinski definition) is 2. The molecule has 1 amide bonds. The Balaban J connectivity index is 1.53. The molecule has 3 rings (SSSR count). The SMILES string of the molecule is COCCOc1ccc(CNc2ccc3c(c2)CCC[C@H]3CNC(=O)OC(C)(C)C)cc1. The van der Waals surface area contributed by atoms with Gasteiger partial charge >= 0.3 is 6.09 Å². The average Bonchev–Trinajstić information content (AvgIpc) is 2.76. The van der Waals surface area contributed by atoms with Crippen LogP contribution in [-0.2, 0) is 22.4 Å². The van der Waals surface area contributed by atoms with Crippen molar-refractivity contribution in [2.45, 2.75) is 58.1 Å². The van der Waals surface area contributed by atoms with Gasteiger partial charge in [0.2, 0.25) is 0 Å². The second kappa shape index (κ2) is 11.2. The fourth-order valence-electron chi connectivity index (χ4n) is 3.91. The molecule has 0 radical (unpaired) electrons. The first kappa shape index (κ1) is 23.9. The van der Waals surface area contributed by atoms with E-state index in [0.29, 0.717) is 25.7 Å². The molecule has 1 aliphatic rings. The number of nitrogens with one attached hydrogen (secondary N) is 2. The molecule has 2 aromatic rings. The average molecular weight is 441 g/mol. The van der Waals surface area contributed by atoms with E-state index in [-0.39, 0.29) is 6.09 Å². The van der Waals surface area contributed by atoms with Crippen molar-refractivity contribution in [2.24, 2.45) is 0 Å². The first-order valence-corrected chi connectivity index (χ1v) is 11.4. The second-order valence-corrected chi connectivity index (χ2v) is 9.22. The number of hydrogen-bond acceptors (Lipinski definition) is 5. The second-order valence-electron chi connectivity index (χ2n) is 9.22. The van der Waals surface area contributed by atoms with Crippen LogP contribution in [0.1, 0.15) is 56.2 Å². The van der Waals surface area contributed by atoms with E-state index in [1.54, 1.807) is 7.11 Å². The maximum absolute atomic E-state index is 12.0. The van der Waals surface area contributed by atoms with Crippen LogP contribution in [0.25, 0.3) is 0 Å². The minimum absolute atomic E-state index is 0.325. The minimum atomic E-state index is -0.480. The number of anilines is 1. The van der Waals surface area contributed by atoms with Crippen molar-refractivity contribution in [1.29, 1.82) is 0 Å². The van der Waals surface area contributed by atoms with Gasteiger partial charge in [-0.05, 0) is 81.0 Å². The fourth-order valence-corrected chi connectivity index (χ4v) is 3.91. The predicted molar refractivity (Wildman–Crippen MR) is 127 cm³/mol. The van der Waals surface area contributed by atoms with Crippen LogP contribution in [0.5, 0.6) is 5.75 Å². The number of methoxy groups -OCH3 is 1. The number of benzene rings is 2. The van der Waals surface area contributed by atoms with Gasteiger partial charge in [-0.25, -0.2) is 4.79 Å². The smallest absolute Gasteiger partial charge is 0.407 e. The van der Waals surface area contributed by atoms with E-state index in [4.69, 9.17) is 14.2 Å². The quantitative estimate of drug-likeness (QED) is 0.520. The van der Waals surface area contributed by atoms with E-state index >= 15 is 0 Å². The Kier molecular flexibility index (Phi) is 8.39. The largest absolute Gasteiger partial charge is 0.491 e. The normalized spacial score (nSPS) is 15.6. The fraction of sp³-hybridized carbons (Fsp3) is 0.500. The summed E-state index contributed by atoms with van der Waals surface area (Å²) in [6.45, 7) is 8.12. The van der Waals surface area contributed by atoms with E-state index < -0.39 is 5.60 Å². The van der Waals surface area contributed by atoms with Crippen LogP contribution in [0.3, 0.4) is 0 Å². The van der Waals surface area contributed by atoms with Gasteiger partial charge in [-0.2, -0.15) is 0 Å². The van der Waals surface area contributed by atoms with Gasteiger partial charge in [0.25, 0.3) is 0 Å². The maximum atomic E-state index is 12.0. The predicted octanol–water partition coefficient (Wildman–Crippen LogP) is 5.27. The van der Waals surface area contributed by atoms with Gasteiger partial charge in [0.1, 0.15) is 18.0 Å². The molecule has 32 heavy (non-hydrogen) atoms. The molecule has 0 bridgehead atoms. The van der Waals surface area contributed by atoms with Crippen molar-refractivity contribution in [3.63, 3.8) is 0 Å². The molecule has 0 saturated carbocycles. The highest BCUT2D eigenvalue weighted by Gasteiger charge is 2.22. The molecule has 174 valence electrons. The first-order valence-electron chi connectivity index (χ1n) is 11.4. The van der Waals surface area contributed by atoms with Crippen molar-refractivity contribution < 1.29 is 19.0 Å². The molecule has 6 nitrogen and oxygen atoms in total. The Morgan fingerprint density at radius 1 is 1.09 bits per heavy atom. The molecule has 6 heteroatoms. The summed E-state index contributed by atoms with van der Waals surface area (Å²) in [4.78, 5) is 12.0. The highest BCUT2D eigenvalue weighted by Crippen LogP contribution is 2.33. The molecule has 0 fully saturated rings. The highest BCUT2D eigenvalue weighted by molar-refractivity contribution is 5.67. The van der Waals surface area contributed by atoms with E-state index in [1.165, 1.54) is 16.7 Å². The number of amides is 1. The van der Waals surface area contributed by atoms with Crippen molar-refractivity contribution >= 4 is 11.8 Å². The molecule has 0 spiro atoms. The summed E-state index contributed by atoms with van der Waals surface area (Å²) in [7, 11) is 1.67. The van der Waals surface area contributed by atoms with Crippen LogP contribution in [0, 0.1) is 0 Å². The van der Waals surface area contributed by atoms with Crippen LogP contribution in [0.15, 0.2) is 42.5 Å². The Hall–Kier alpha value is -2.73. The summed E-state index contributed by atoms with van der Waals surface area (Å²) in [5.41, 5.74) is 4.52. The molecule has 1 aliphatic carbocycles. The molecule has 0 aromatic heterocycles. The van der Waals surface area contributed by atoms with Crippen molar-refractivity contribution in [3.8, 4) is 5.75 Å². The third-order valence-electron chi connectivity index (χ3n) is 5.45. The number of rotatable bonds is 9. The van der Waals surface area contributed by atoms with E-state index in [9.17, 15) is 4.79 Å². The van der Waals surface area contributed by atoms with Crippen LogP contribution >= 0.6 is 0 Å². The molecule has 2 N–H and O–H groups in total. The third kappa shape index (κ3) is 7.45. The molecule has 0 saturated heterocycles. The van der Waals surface area contributed by atoms with E-state index in [2.05, 4.69) is 41.0 Å². The monoisotopic (exact) mass is 440 g/mol. The first-order chi connectivity index (χ1) is 15.3. The van der Waals surface area contributed by atoms with Gasteiger partial charge in [-0.15, -0.1) is 0 Å². The number of ether oxygens (including phenoxy) is 3. The number of fused-ring (bicyclic) bond motifs is 1. The molecule has 0 aliphatic heterocycles. The Labute approximate surface area is 191 Å². The van der Waals surface area contributed by atoms with Crippen LogP contribution in [-0.4, -0.2) is 38.6 Å². The summed E-state index contributed by atoms with van der Waals surface area (Å²) in [5.74, 6) is 1.18. The highest BCUT2D eigenvalue weighted by atomic mass is 16.6. The van der Waals surface area contributed by atoms with Crippen molar-refractivity contribution in [3.05, 3.63) is 59.2 Å². The molecular weight excluding hydrogens is 404 g/mol. The number of alkyl carbamates (subject to hydrolysis) is 1. The topological polar surface area (TPSA) is 68.8 Å². The van der Waals surface area contributed by atoms with Gasteiger partial charge in [-0.3, -0.25) is 0 Å². The molecular formula is C26H36N2O4. The van der Waals surface area contributed by atoms with Gasteiger partial charge in [0.05, 0.1) is 6.61 Å². The molecule has 0 unspecified atom stereocenters. The van der Waals surface area contributed by atoms with Gasteiger partial charge in [0.15, 0.2) is 0 Å². The number of aryl methyl sites for hydroxylation is 1. The summed E-state index contributed by atoms with van der Waals surface area (Å²) in [6, 6.07) is 14.7. The Morgan fingerprint density at radius 2 is 1.88 bits per heavy atom. The Morgan fingerprint density at radius 3 is 2.59 bits per heavy atom. The van der Waals surface area contributed by atoms with Crippen LogP contribution < -0.4 is 15.4 Å². The lowest BCUT2D eigenvalue weighted by atomic mass is 9.82. The zero-order valence-corrected chi connectivity index (χ0v) is 19.7. The van der Waals surface area contributed by atoms with Gasteiger partial charge in [-0.1, -0.05) is 18.2 Å². The molecule has 2 aromatic carbocycles. The third-order valence-corrected chi connectivity index (χ3v) is 5.45. The van der Waals surface area contributed by atoms with E-state index in [0.717, 1.165) is 37.2 Å². The molecule has 0 heterocycles. The lowest BCUT2D eigenvalue weighted by Gasteiger charge is -2.27. The van der Waals surface area contributed by atoms with Gasteiger partial charge < -0.3 is 24.8 Å². The summed E-state index contributed by atoms with van der Waals surface area (Å²) in [6.07, 6.45) is 2.93. The van der Waals surface area contributed by atoms with Crippen LogP contribution in [0.4, 0.5) is 10.5 Å². The standard InChI is InChI=1S/C26H36N2O4/c1-26(2,3)32-25(29)28-18-21-7-5-6-20-16-22(10-13-24(20)21)27-17-19-8-11-23(12-9-19)31-15-14-30-4/h8-13,16,21,27H,5-7,14-15,17-18H2,1-4H3,(H,28,29)/t21-/m0/s1. The zero-order chi connectivity index (χ0) is 23.0. The van der Waals surface area contributed by atoms with Crippen molar-refractivity contribution in [1.82, 2.24) is 5.32 Å². The number of carbonyl (C=O) groups is 1. The van der Waals surface area contributed by atoms with Crippen LogP contribution in [0.2, 0.25) is 0 Å². The summed E-state index contributed by atoms with van der Waals surface area (Å²) >= 11 is 0. The van der Waals surface area contributed by atoms with Gasteiger partial charge in [0, 0.05) is 31.8 Å². The lowest BCUT2D eigenvalue weighted by Crippen LogP contribution is -2.35. The van der Waals surface area contributed by atoms with E-state index in [1.807, 2.05) is 32.9 Å². The Bertz CT molecular complexity index is 874. The number of carbonyl (C=O) groups excluding carboxylic acids is 1. The summed E-state index contributed by atoms with van der Waals surface area (Å²) < 4.78 is 16.0. The minimum Gasteiger partial charge on any atom is -0.491 e. The molecule has 1 atom stereocenters. The lowest BCUT2D eigenvalue weighted by molar-refractivity contribution is 0.0523. The zero-order valence-electron chi connectivity index (χ0n) is 19.7. The summed E-state index contributed by atoms with van der Waals surface area (Å²) in [5, 5.41) is 6.46. The maximum Gasteiger partial charge on any atom is 0.407 e. The van der Waals surface area contributed by atoms with Crippen molar-refractivity contribution in [2.75, 3.05) is 32.2 Å².